The molecule has 1 aliphatic rings. The first kappa shape index (κ1) is 9.40. The van der Waals surface area contributed by atoms with Crippen LogP contribution in [0.3, 0.4) is 0 Å². The topological polar surface area (TPSA) is 49.2 Å². The highest BCUT2D eigenvalue weighted by Crippen LogP contribution is 2.20. The smallest absolute Gasteiger partial charge is 0.147 e. The van der Waals surface area contributed by atoms with Gasteiger partial charge in [-0.15, -0.1) is 0 Å². The first-order valence-electron chi connectivity index (χ1n) is 4.96. The molecule has 0 aliphatic carbocycles. The van der Waals surface area contributed by atoms with Crippen molar-refractivity contribution in [1.29, 1.82) is 0 Å². The Morgan fingerprint density at radius 1 is 1.50 bits per heavy atom. The van der Waals surface area contributed by atoms with Crippen molar-refractivity contribution in [3.8, 4) is 0 Å². The Balaban J connectivity index is 2.09. The molecule has 1 N–H and O–H groups in total. The SMILES string of the molecule is CC1CCN(c2cnc(CO)cn2)C1. The first-order chi connectivity index (χ1) is 6.79. The van der Waals surface area contributed by atoms with Crippen LogP contribution in [0.25, 0.3) is 0 Å². The number of rotatable bonds is 2. The molecule has 2 rings (SSSR count). The Morgan fingerprint density at radius 2 is 2.36 bits per heavy atom. The Labute approximate surface area is 83.6 Å². The minimum absolute atomic E-state index is 0.0380. The van der Waals surface area contributed by atoms with E-state index >= 15 is 0 Å². The van der Waals surface area contributed by atoms with Gasteiger partial charge in [-0.3, -0.25) is 4.98 Å². The Bertz CT molecular complexity index is 299. The summed E-state index contributed by atoms with van der Waals surface area (Å²) in [7, 11) is 0. The summed E-state index contributed by atoms with van der Waals surface area (Å²) in [5.41, 5.74) is 0.626. The number of nitrogens with zero attached hydrogens (tertiary/aromatic N) is 3. The molecule has 1 aliphatic heterocycles. The summed E-state index contributed by atoms with van der Waals surface area (Å²) >= 11 is 0. The van der Waals surface area contributed by atoms with E-state index in [0.717, 1.165) is 24.8 Å². The zero-order valence-corrected chi connectivity index (χ0v) is 8.35. The van der Waals surface area contributed by atoms with E-state index in [1.54, 1.807) is 12.4 Å². The molecule has 0 radical (unpaired) electrons. The summed E-state index contributed by atoms with van der Waals surface area (Å²) in [5.74, 6) is 1.67. The third-order valence-corrected chi connectivity index (χ3v) is 2.60. The van der Waals surface area contributed by atoms with E-state index in [1.807, 2.05) is 0 Å². The van der Waals surface area contributed by atoms with E-state index in [9.17, 15) is 0 Å². The van der Waals surface area contributed by atoms with E-state index in [2.05, 4.69) is 21.8 Å². The standard InChI is InChI=1S/C10H15N3O/c1-8-2-3-13(6-8)10-5-11-9(7-14)4-12-10/h4-5,8,14H,2-3,6-7H2,1H3. The monoisotopic (exact) mass is 193 g/mol. The molecule has 0 amide bonds. The molecular formula is C10H15N3O. The molecule has 2 heterocycles. The van der Waals surface area contributed by atoms with Gasteiger partial charge >= 0.3 is 0 Å². The fourth-order valence-electron chi connectivity index (χ4n) is 1.74. The van der Waals surface area contributed by atoms with Gasteiger partial charge in [0.05, 0.1) is 24.7 Å². The summed E-state index contributed by atoms with van der Waals surface area (Å²) < 4.78 is 0. The van der Waals surface area contributed by atoms with Gasteiger partial charge in [-0.1, -0.05) is 6.92 Å². The molecule has 0 aromatic carbocycles. The third-order valence-electron chi connectivity index (χ3n) is 2.60. The number of aliphatic hydroxyl groups is 1. The summed E-state index contributed by atoms with van der Waals surface area (Å²) in [6, 6.07) is 0. The number of aromatic nitrogens is 2. The van der Waals surface area contributed by atoms with Crippen molar-refractivity contribution in [3.63, 3.8) is 0 Å². The molecular weight excluding hydrogens is 178 g/mol. The van der Waals surface area contributed by atoms with E-state index in [4.69, 9.17) is 5.11 Å². The largest absolute Gasteiger partial charge is 0.390 e. The maximum Gasteiger partial charge on any atom is 0.147 e. The fourth-order valence-corrected chi connectivity index (χ4v) is 1.74. The molecule has 0 saturated carbocycles. The average Bonchev–Trinajstić information content (AvgIpc) is 2.65. The minimum Gasteiger partial charge on any atom is -0.390 e. The van der Waals surface area contributed by atoms with Crippen molar-refractivity contribution in [2.24, 2.45) is 5.92 Å². The molecule has 4 heteroatoms. The van der Waals surface area contributed by atoms with Crippen molar-refractivity contribution in [3.05, 3.63) is 18.1 Å². The van der Waals surface area contributed by atoms with Gasteiger partial charge in [-0.2, -0.15) is 0 Å². The average molecular weight is 193 g/mol. The van der Waals surface area contributed by atoms with Crippen LogP contribution in [0.15, 0.2) is 12.4 Å². The van der Waals surface area contributed by atoms with E-state index in [0.29, 0.717) is 5.69 Å². The molecule has 1 atom stereocenters. The van der Waals surface area contributed by atoms with Crippen LogP contribution in [0.1, 0.15) is 19.0 Å². The lowest BCUT2D eigenvalue weighted by Gasteiger charge is -2.16. The highest BCUT2D eigenvalue weighted by molar-refractivity contribution is 5.37. The lowest BCUT2D eigenvalue weighted by atomic mass is 10.2. The lowest BCUT2D eigenvalue weighted by Crippen LogP contribution is -2.20. The van der Waals surface area contributed by atoms with Crippen LogP contribution in [0.5, 0.6) is 0 Å². The number of hydrogen-bond donors (Lipinski definition) is 1. The fraction of sp³-hybridized carbons (Fsp3) is 0.600. The van der Waals surface area contributed by atoms with Gasteiger partial charge in [0.1, 0.15) is 5.82 Å². The Kier molecular flexibility index (Phi) is 2.63. The quantitative estimate of drug-likeness (QED) is 0.755. The molecule has 14 heavy (non-hydrogen) atoms. The molecule has 1 saturated heterocycles. The van der Waals surface area contributed by atoms with Crippen molar-refractivity contribution in [2.75, 3.05) is 18.0 Å². The molecule has 0 spiro atoms. The third kappa shape index (κ3) is 1.85. The molecule has 1 aromatic heterocycles. The van der Waals surface area contributed by atoms with Crippen LogP contribution >= 0.6 is 0 Å². The van der Waals surface area contributed by atoms with Crippen LogP contribution in [0, 0.1) is 5.92 Å². The molecule has 4 nitrogen and oxygen atoms in total. The number of aliphatic hydroxyl groups excluding tert-OH is 1. The minimum atomic E-state index is -0.0380. The van der Waals surface area contributed by atoms with E-state index in [1.165, 1.54) is 6.42 Å². The van der Waals surface area contributed by atoms with Gasteiger partial charge in [0.2, 0.25) is 0 Å². The number of hydrogen-bond acceptors (Lipinski definition) is 4. The van der Waals surface area contributed by atoms with Gasteiger partial charge in [-0.05, 0) is 12.3 Å². The van der Waals surface area contributed by atoms with Crippen LogP contribution in [0.2, 0.25) is 0 Å². The maximum atomic E-state index is 8.82. The van der Waals surface area contributed by atoms with E-state index < -0.39 is 0 Å². The van der Waals surface area contributed by atoms with Crippen molar-refractivity contribution in [2.45, 2.75) is 20.0 Å². The van der Waals surface area contributed by atoms with Crippen LogP contribution in [-0.2, 0) is 6.61 Å². The zero-order chi connectivity index (χ0) is 9.97. The summed E-state index contributed by atoms with van der Waals surface area (Å²) in [6.07, 6.45) is 4.60. The van der Waals surface area contributed by atoms with Crippen molar-refractivity contribution < 1.29 is 5.11 Å². The van der Waals surface area contributed by atoms with Gasteiger partial charge < -0.3 is 10.0 Å². The predicted octanol–water partition coefficient (Wildman–Crippen LogP) is 0.815. The molecule has 0 bridgehead atoms. The second kappa shape index (κ2) is 3.92. The predicted molar refractivity (Wildman–Crippen MR) is 53.9 cm³/mol. The lowest BCUT2D eigenvalue weighted by molar-refractivity contribution is 0.276. The van der Waals surface area contributed by atoms with Crippen LogP contribution in [0.4, 0.5) is 5.82 Å². The maximum absolute atomic E-state index is 8.82. The molecule has 1 fully saturated rings. The summed E-state index contributed by atoms with van der Waals surface area (Å²) in [5, 5.41) is 8.82. The normalized spacial score (nSPS) is 21.6. The Hall–Kier alpha value is -1.16. The second-order valence-corrected chi connectivity index (χ2v) is 3.86. The van der Waals surface area contributed by atoms with Gasteiger partial charge in [0.15, 0.2) is 0 Å². The van der Waals surface area contributed by atoms with Crippen molar-refractivity contribution in [1.82, 2.24) is 9.97 Å². The number of anilines is 1. The second-order valence-electron chi connectivity index (χ2n) is 3.86. The van der Waals surface area contributed by atoms with Crippen LogP contribution < -0.4 is 4.90 Å². The summed E-state index contributed by atoms with van der Waals surface area (Å²) in [6.45, 7) is 4.33. The van der Waals surface area contributed by atoms with Crippen LogP contribution in [-0.4, -0.2) is 28.2 Å². The van der Waals surface area contributed by atoms with Crippen molar-refractivity contribution >= 4 is 5.82 Å². The molecule has 1 aromatic rings. The highest BCUT2D eigenvalue weighted by atomic mass is 16.3. The van der Waals surface area contributed by atoms with Gasteiger partial charge in [0.25, 0.3) is 0 Å². The molecule has 76 valence electrons. The van der Waals surface area contributed by atoms with E-state index in [-0.39, 0.29) is 6.61 Å². The Morgan fingerprint density at radius 3 is 2.86 bits per heavy atom. The molecule has 1 unspecified atom stereocenters. The first-order valence-corrected chi connectivity index (χ1v) is 4.96. The van der Waals surface area contributed by atoms with Gasteiger partial charge in [-0.25, -0.2) is 4.98 Å². The summed E-state index contributed by atoms with van der Waals surface area (Å²) in [4.78, 5) is 10.6. The zero-order valence-electron chi connectivity index (χ0n) is 8.35. The highest BCUT2D eigenvalue weighted by Gasteiger charge is 2.19. The van der Waals surface area contributed by atoms with Gasteiger partial charge in [0, 0.05) is 13.1 Å².